The lowest BCUT2D eigenvalue weighted by Gasteiger charge is -2.51. The Balaban J connectivity index is 1.19. The molecule has 2 aliphatic carbocycles. The number of halogens is 3. The summed E-state index contributed by atoms with van der Waals surface area (Å²) in [5.74, 6) is -6.27. The Hall–Kier alpha value is -4.45. The van der Waals surface area contributed by atoms with Crippen molar-refractivity contribution < 1.29 is 38.1 Å². The van der Waals surface area contributed by atoms with Crippen LogP contribution < -0.4 is 14.4 Å². The van der Waals surface area contributed by atoms with Gasteiger partial charge < -0.3 is 14.6 Å². The third kappa shape index (κ3) is 5.29. The standard InChI is InChI=1S/C40H38Cl2FN3O7/c1-52-30-18-26(47)19-31(53-2)33(30)34-27-12-13-28-32(36(49)45(35(28)48)25-14-16-44(17-15-25)21-22-6-4-3-5-7-22)29(27)20-39(41)37(50)46(38(51)40(34,39)42)24-10-8-23(43)9-11-24/h3-12,18-19,25,28-29,32,34,47H,13-17,20-21H2,1-2H3/t28-,29+,32-,34+,39+,40-/m0/s1. The molecule has 13 heteroatoms. The van der Waals surface area contributed by atoms with Crippen LogP contribution in [0.4, 0.5) is 10.1 Å². The maximum absolute atomic E-state index is 14.7. The summed E-state index contributed by atoms with van der Waals surface area (Å²) in [4.78, 5) is 58.5. The van der Waals surface area contributed by atoms with E-state index in [1.807, 2.05) is 24.3 Å². The zero-order valence-corrected chi connectivity index (χ0v) is 30.6. The number of rotatable bonds is 7. The number of carbonyl (C=O) groups excluding carboxylic acids is 4. The average molecular weight is 763 g/mol. The lowest BCUT2D eigenvalue weighted by atomic mass is 9.56. The number of anilines is 1. The fraction of sp³-hybridized carbons (Fsp3) is 0.400. The molecule has 53 heavy (non-hydrogen) atoms. The Morgan fingerprint density at radius 3 is 2.13 bits per heavy atom. The minimum atomic E-state index is -2.19. The van der Waals surface area contributed by atoms with Gasteiger partial charge in [-0.05, 0) is 61.4 Å². The number of nitrogens with zero attached hydrogens (tertiary/aromatic N) is 3. The van der Waals surface area contributed by atoms with Crippen molar-refractivity contribution in [3.63, 3.8) is 0 Å². The second-order valence-corrected chi connectivity index (χ2v) is 15.8. The molecule has 3 heterocycles. The number of amides is 4. The van der Waals surface area contributed by atoms with Gasteiger partial charge in [0.25, 0.3) is 11.8 Å². The predicted molar refractivity (Wildman–Crippen MR) is 194 cm³/mol. The van der Waals surface area contributed by atoms with Gasteiger partial charge in [0.2, 0.25) is 11.8 Å². The fourth-order valence-electron chi connectivity index (χ4n) is 9.49. The highest BCUT2D eigenvalue weighted by molar-refractivity contribution is 6.58. The maximum Gasteiger partial charge on any atom is 0.258 e. The van der Waals surface area contributed by atoms with Crippen LogP contribution in [0.2, 0.25) is 0 Å². The molecular weight excluding hydrogens is 724 g/mol. The first-order chi connectivity index (χ1) is 25.4. The monoisotopic (exact) mass is 761 g/mol. The molecule has 0 radical (unpaired) electrons. The molecule has 4 fully saturated rings. The average Bonchev–Trinajstić information content (AvgIpc) is 3.50. The van der Waals surface area contributed by atoms with Gasteiger partial charge in [0.05, 0.1) is 31.7 Å². The van der Waals surface area contributed by atoms with Crippen molar-refractivity contribution in [2.45, 2.75) is 53.9 Å². The number of hydrogen-bond acceptors (Lipinski definition) is 8. The van der Waals surface area contributed by atoms with Gasteiger partial charge in [0, 0.05) is 49.3 Å². The molecule has 0 spiro atoms. The molecule has 8 rings (SSSR count). The fourth-order valence-corrected chi connectivity index (χ4v) is 10.4. The van der Waals surface area contributed by atoms with Crippen molar-refractivity contribution in [3.8, 4) is 17.2 Å². The van der Waals surface area contributed by atoms with Crippen molar-refractivity contribution in [3.05, 3.63) is 95.3 Å². The Kier molecular flexibility index (Phi) is 8.82. The van der Waals surface area contributed by atoms with Gasteiger partial charge in [0.1, 0.15) is 23.1 Å². The van der Waals surface area contributed by atoms with Crippen LogP contribution in [0.25, 0.3) is 0 Å². The smallest absolute Gasteiger partial charge is 0.258 e. The van der Waals surface area contributed by atoms with Crippen LogP contribution in [0.5, 0.6) is 17.2 Å². The number of phenolic OH excluding ortho intramolecular Hbond substituents is 1. The highest BCUT2D eigenvalue weighted by atomic mass is 35.5. The van der Waals surface area contributed by atoms with Crippen LogP contribution in [0.3, 0.4) is 0 Å². The first kappa shape index (κ1) is 35.6. The maximum atomic E-state index is 14.7. The first-order valence-electron chi connectivity index (χ1n) is 17.7. The summed E-state index contributed by atoms with van der Waals surface area (Å²) in [7, 11) is 2.76. The van der Waals surface area contributed by atoms with E-state index in [9.17, 15) is 28.7 Å². The third-order valence-corrected chi connectivity index (χ3v) is 13.3. The Labute approximate surface area is 316 Å². The van der Waals surface area contributed by atoms with E-state index in [1.165, 1.54) is 48.9 Å². The molecule has 3 aliphatic heterocycles. The van der Waals surface area contributed by atoms with E-state index >= 15 is 0 Å². The van der Waals surface area contributed by atoms with Gasteiger partial charge in [-0.1, -0.05) is 42.0 Å². The molecule has 5 aliphatic rings. The molecule has 3 aromatic carbocycles. The number of allylic oxidation sites excluding steroid dienone is 2. The minimum Gasteiger partial charge on any atom is -0.508 e. The molecule has 4 amide bonds. The molecule has 1 N–H and O–H groups in total. The number of phenols is 1. The van der Waals surface area contributed by atoms with Crippen LogP contribution in [0.15, 0.2) is 78.4 Å². The van der Waals surface area contributed by atoms with Crippen LogP contribution in [-0.4, -0.2) is 81.6 Å². The van der Waals surface area contributed by atoms with E-state index in [-0.39, 0.29) is 59.2 Å². The van der Waals surface area contributed by atoms with Crippen LogP contribution in [-0.2, 0) is 25.7 Å². The van der Waals surface area contributed by atoms with Crippen molar-refractivity contribution in [2.24, 2.45) is 17.8 Å². The van der Waals surface area contributed by atoms with Gasteiger partial charge in [-0.3, -0.25) is 29.0 Å². The summed E-state index contributed by atoms with van der Waals surface area (Å²) in [6.07, 6.45) is 3.09. The van der Waals surface area contributed by atoms with Crippen molar-refractivity contribution >= 4 is 52.5 Å². The number of methoxy groups -OCH3 is 2. The molecule has 276 valence electrons. The van der Waals surface area contributed by atoms with Crippen LogP contribution in [0, 0.1) is 23.6 Å². The largest absolute Gasteiger partial charge is 0.508 e. The first-order valence-corrected chi connectivity index (χ1v) is 18.5. The van der Waals surface area contributed by atoms with E-state index in [1.54, 1.807) is 0 Å². The van der Waals surface area contributed by atoms with Gasteiger partial charge in [-0.2, -0.15) is 0 Å². The number of ether oxygens (including phenoxy) is 2. The topological polar surface area (TPSA) is 117 Å². The van der Waals surface area contributed by atoms with E-state index in [0.717, 1.165) is 36.7 Å². The second-order valence-electron chi connectivity index (χ2n) is 14.6. The van der Waals surface area contributed by atoms with Crippen molar-refractivity contribution in [2.75, 3.05) is 32.2 Å². The molecule has 1 saturated carbocycles. The normalized spacial score (nSPS) is 30.2. The molecule has 0 aromatic heterocycles. The van der Waals surface area contributed by atoms with E-state index in [4.69, 9.17) is 32.7 Å². The van der Waals surface area contributed by atoms with Gasteiger partial charge in [0.15, 0.2) is 9.75 Å². The van der Waals surface area contributed by atoms with Crippen LogP contribution in [0.1, 0.15) is 42.7 Å². The number of fused-ring (bicyclic) bond motifs is 4. The summed E-state index contributed by atoms with van der Waals surface area (Å²) in [5.41, 5.74) is 2.08. The van der Waals surface area contributed by atoms with Gasteiger partial charge >= 0.3 is 0 Å². The number of piperidine rings is 1. The quantitative estimate of drug-likeness (QED) is 0.183. The number of likely N-dealkylation sites (tertiary alicyclic amines) is 2. The van der Waals surface area contributed by atoms with Crippen molar-refractivity contribution in [1.29, 1.82) is 0 Å². The molecule has 0 bridgehead atoms. The molecular formula is C40H38Cl2FN3O7. The zero-order chi connectivity index (χ0) is 37.4. The van der Waals surface area contributed by atoms with Crippen molar-refractivity contribution in [1.82, 2.24) is 9.80 Å². The van der Waals surface area contributed by atoms with E-state index < -0.39 is 51.1 Å². The molecule has 3 saturated heterocycles. The zero-order valence-electron chi connectivity index (χ0n) is 29.1. The highest BCUT2D eigenvalue weighted by Gasteiger charge is 2.77. The number of aromatic hydroxyl groups is 1. The summed E-state index contributed by atoms with van der Waals surface area (Å²) in [6, 6.07) is 17.4. The molecule has 10 nitrogen and oxygen atoms in total. The molecule has 6 atom stereocenters. The number of carbonyl (C=O) groups is 4. The Morgan fingerprint density at radius 1 is 0.868 bits per heavy atom. The predicted octanol–water partition coefficient (Wildman–Crippen LogP) is 5.78. The lowest BCUT2D eigenvalue weighted by Crippen LogP contribution is -2.60. The number of benzene rings is 3. The summed E-state index contributed by atoms with van der Waals surface area (Å²) >= 11 is 15.1. The highest BCUT2D eigenvalue weighted by Crippen LogP contribution is 2.67. The van der Waals surface area contributed by atoms with E-state index in [2.05, 4.69) is 17.0 Å². The van der Waals surface area contributed by atoms with Crippen LogP contribution >= 0.6 is 23.2 Å². The van der Waals surface area contributed by atoms with E-state index in [0.29, 0.717) is 18.4 Å². The third-order valence-electron chi connectivity index (χ3n) is 11.9. The number of alkyl halides is 2. The van der Waals surface area contributed by atoms with Gasteiger partial charge in [-0.25, -0.2) is 9.29 Å². The van der Waals surface area contributed by atoms with Gasteiger partial charge in [-0.15, -0.1) is 23.2 Å². The summed E-state index contributed by atoms with van der Waals surface area (Å²) in [5, 5.41) is 10.6. The SMILES string of the molecule is COc1cc(O)cc(OC)c1[C@H]1C2=CC[C@@H]3C(=O)N(C4CCN(Cc5ccccc5)CC4)C(=O)[C@@H]3[C@@H]2C[C@@]2(Cl)C(=O)N(c3ccc(F)cc3)C(=O)[C@@]12Cl. The number of hydrogen-bond donors (Lipinski definition) is 1. The number of imide groups is 2. The molecule has 0 unspecified atom stereocenters. The molecule has 3 aromatic rings. The minimum absolute atomic E-state index is 0.0750. The Bertz CT molecular complexity index is 2010. The summed E-state index contributed by atoms with van der Waals surface area (Å²) < 4.78 is 25.5. The Morgan fingerprint density at radius 2 is 1.51 bits per heavy atom. The lowest BCUT2D eigenvalue weighted by molar-refractivity contribution is -0.144. The second kappa shape index (κ2) is 13.1. The summed E-state index contributed by atoms with van der Waals surface area (Å²) in [6.45, 7) is 2.22.